The van der Waals surface area contributed by atoms with Crippen molar-refractivity contribution in [2.24, 2.45) is 0 Å². The van der Waals surface area contributed by atoms with E-state index in [-0.39, 0.29) is 17.4 Å². The number of hydrogen-bond donors (Lipinski definition) is 4. The number of amides is 1. The minimum atomic E-state index is -0.108. The largest absolute Gasteiger partial charge is 0.504 e. The molecule has 104 valence electrons. The highest BCUT2D eigenvalue weighted by molar-refractivity contribution is 5.76. The van der Waals surface area contributed by atoms with Gasteiger partial charge in [-0.25, -0.2) is 0 Å². The van der Waals surface area contributed by atoms with Gasteiger partial charge in [0, 0.05) is 24.6 Å². The van der Waals surface area contributed by atoms with Crippen LogP contribution in [0.5, 0.6) is 11.5 Å². The summed E-state index contributed by atoms with van der Waals surface area (Å²) >= 11 is 0. The number of rotatable bonds is 7. The molecule has 1 aromatic rings. The van der Waals surface area contributed by atoms with Crippen molar-refractivity contribution in [3.05, 3.63) is 23.8 Å². The van der Waals surface area contributed by atoms with Gasteiger partial charge in [0.05, 0.1) is 0 Å². The zero-order valence-corrected chi connectivity index (χ0v) is 10.9. The molecule has 0 radical (unpaired) electrons. The first-order valence-electron chi connectivity index (χ1n) is 6.66. The average molecular weight is 264 g/mol. The number of nitrogens with one attached hydrogen (secondary N) is 2. The first-order valence-corrected chi connectivity index (χ1v) is 6.66. The van der Waals surface area contributed by atoms with Gasteiger partial charge in [0.25, 0.3) is 0 Å². The molecule has 5 heteroatoms. The summed E-state index contributed by atoms with van der Waals surface area (Å²) in [7, 11) is 0. The van der Waals surface area contributed by atoms with Crippen molar-refractivity contribution in [3.63, 3.8) is 0 Å². The molecule has 1 aliphatic rings. The van der Waals surface area contributed by atoms with Crippen LogP contribution < -0.4 is 10.6 Å². The highest BCUT2D eigenvalue weighted by Gasteiger charge is 2.22. The van der Waals surface area contributed by atoms with Crippen LogP contribution in [0.15, 0.2) is 18.2 Å². The van der Waals surface area contributed by atoms with E-state index in [1.165, 1.54) is 6.07 Å². The van der Waals surface area contributed by atoms with Crippen molar-refractivity contribution in [2.75, 3.05) is 6.54 Å². The molecule has 0 atom stereocenters. The number of hydrogen-bond acceptors (Lipinski definition) is 4. The van der Waals surface area contributed by atoms with E-state index in [4.69, 9.17) is 0 Å². The van der Waals surface area contributed by atoms with E-state index in [1.807, 2.05) is 0 Å². The van der Waals surface area contributed by atoms with Gasteiger partial charge in [-0.2, -0.15) is 0 Å². The van der Waals surface area contributed by atoms with Crippen molar-refractivity contribution in [1.29, 1.82) is 0 Å². The van der Waals surface area contributed by atoms with Crippen LogP contribution in [-0.2, 0) is 11.3 Å². The number of carbonyl (C=O) groups excluding carboxylic acids is 1. The lowest BCUT2D eigenvalue weighted by molar-refractivity contribution is -0.121. The van der Waals surface area contributed by atoms with Crippen LogP contribution >= 0.6 is 0 Å². The van der Waals surface area contributed by atoms with Crippen LogP contribution in [0.25, 0.3) is 0 Å². The summed E-state index contributed by atoms with van der Waals surface area (Å²) in [6.07, 6.45) is 3.51. The molecule has 1 aromatic carbocycles. The molecular weight excluding hydrogens is 244 g/mol. The van der Waals surface area contributed by atoms with E-state index in [9.17, 15) is 15.0 Å². The number of phenolic OH excluding ortho intramolecular Hbond substituents is 2. The summed E-state index contributed by atoms with van der Waals surface area (Å²) in [4.78, 5) is 11.4. The van der Waals surface area contributed by atoms with Gasteiger partial charge in [-0.3, -0.25) is 4.79 Å². The Hall–Kier alpha value is -1.75. The highest BCUT2D eigenvalue weighted by Crippen LogP contribution is 2.27. The average Bonchev–Trinajstić information content (AvgIpc) is 3.18. The van der Waals surface area contributed by atoms with Gasteiger partial charge in [0.2, 0.25) is 5.91 Å². The highest BCUT2D eigenvalue weighted by atomic mass is 16.3. The van der Waals surface area contributed by atoms with E-state index in [1.54, 1.807) is 12.1 Å². The van der Waals surface area contributed by atoms with Gasteiger partial charge in [-0.05, 0) is 31.9 Å². The minimum Gasteiger partial charge on any atom is -0.504 e. The van der Waals surface area contributed by atoms with E-state index < -0.39 is 0 Å². The van der Waals surface area contributed by atoms with Gasteiger partial charge in [-0.1, -0.05) is 12.1 Å². The van der Waals surface area contributed by atoms with Gasteiger partial charge >= 0.3 is 0 Å². The predicted molar refractivity (Wildman–Crippen MR) is 71.9 cm³/mol. The molecule has 1 saturated carbocycles. The minimum absolute atomic E-state index is 0.0820. The Bertz CT molecular complexity index is 444. The van der Waals surface area contributed by atoms with Crippen LogP contribution in [0.2, 0.25) is 0 Å². The van der Waals surface area contributed by atoms with Crippen molar-refractivity contribution < 1.29 is 15.0 Å². The first-order chi connectivity index (χ1) is 9.16. The number of para-hydroxylation sites is 1. The summed E-state index contributed by atoms with van der Waals surface area (Å²) in [6, 6.07) is 5.31. The number of benzene rings is 1. The molecule has 0 spiro atoms. The maximum Gasteiger partial charge on any atom is 0.220 e. The third kappa shape index (κ3) is 4.44. The van der Waals surface area contributed by atoms with Crippen molar-refractivity contribution in [3.8, 4) is 11.5 Å². The maximum absolute atomic E-state index is 11.4. The molecule has 1 amide bonds. The summed E-state index contributed by atoms with van der Waals surface area (Å²) in [5, 5.41) is 25.0. The third-order valence-electron chi connectivity index (χ3n) is 3.11. The molecule has 2 rings (SSSR count). The third-order valence-corrected chi connectivity index (χ3v) is 3.11. The molecule has 0 heterocycles. The summed E-state index contributed by atoms with van der Waals surface area (Å²) in [6.45, 7) is 1.18. The number of phenols is 2. The molecule has 5 nitrogen and oxygen atoms in total. The first kappa shape index (κ1) is 13.7. The van der Waals surface area contributed by atoms with E-state index in [0.717, 1.165) is 19.3 Å². The fourth-order valence-electron chi connectivity index (χ4n) is 1.84. The lowest BCUT2D eigenvalue weighted by Gasteiger charge is -2.08. The van der Waals surface area contributed by atoms with Crippen molar-refractivity contribution in [2.45, 2.75) is 38.3 Å². The van der Waals surface area contributed by atoms with E-state index in [0.29, 0.717) is 31.1 Å². The van der Waals surface area contributed by atoms with Crippen LogP contribution in [0.3, 0.4) is 0 Å². The van der Waals surface area contributed by atoms with Crippen molar-refractivity contribution >= 4 is 5.91 Å². The van der Waals surface area contributed by atoms with E-state index in [2.05, 4.69) is 10.6 Å². The molecule has 1 aliphatic carbocycles. The molecule has 0 unspecified atom stereocenters. The Morgan fingerprint density at radius 2 is 2.11 bits per heavy atom. The monoisotopic (exact) mass is 264 g/mol. The smallest absolute Gasteiger partial charge is 0.220 e. The van der Waals surface area contributed by atoms with Crippen LogP contribution in [0, 0.1) is 0 Å². The standard InChI is InChI=1S/C14H20N2O3/c17-12-4-1-3-10(14(12)19)9-15-8-2-5-13(18)16-11-6-7-11/h1,3-4,11,15,17,19H,2,5-9H2,(H,16,18). The zero-order valence-electron chi connectivity index (χ0n) is 10.9. The number of aromatic hydroxyl groups is 2. The van der Waals surface area contributed by atoms with Crippen LogP contribution in [-0.4, -0.2) is 28.7 Å². The summed E-state index contributed by atoms with van der Waals surface area (Å²) in [5.74, 6) is -0.0749. The predicted octanol–water partition coefficient (Wildman–Crippen LogP) is 1.25. The van der Waals surface area contributed by atoms with Crippen LogP contribution in [0.4, 0.5) is 0 Å². The molecule has 4 N–H and O–H groups in total. The Labute approximate surface area is 112 Å². The van der Waals surface area contributed by atoms with E-state index >= 15 is 0 Å². The van der Waals surface area contributed by atoms with Crippen LogP contribution in [0.1, 0.15) is 31.2 Å². The molecule has 1 fully saturated rings. The van der Waals surface area contributed by atoms with Gasteiger partial charge in [-0.15, -0.1) is 0 Å². The van der Waals surface area contributed by atoms with Gasteiger partial charge in [0.15, 0.2) is 11.5 Å². The quantitative estimate of drug-likeness (QED) is 0.441. The topological polar surface area (TPSA) is 81.6 Å². The second-order valence-electron chi connectivity index (χ2n) is 4.91. The Balaban J connectivity index is 1.60. The lowest BCUT2D eigenvalue weighted by Crippen LogP contribution is -2.26. The Morgan fingerprint density at radius 1 is 1.32 bits per heavy atom. The molecule has 0 saturated heterocycles. The number of carbonyl (C=O) groups is 1. The second kappa shape index (κ2) is 6.43. The van der Waals surface area contributed by atoms with Crippen molar-refractivity contribution in [1.82, 2.24) is 10.6 Å². The normalized spacial score (nSPS) is 14.3. The summed E-state index contributed by atoms with van der Waals surface area (Å²) in [5.41, 5.74) is 0.655. The fourth-order valence-corrected chi connectivity index (χ4v) is 1.84. The SMILES string of the molecule is O=C(CCCNCc1cccc(O)c1O)NC1CC1. The maximum atomic E-state index is 11.4. The molecule has 0 bridgehead atoms. The molecule has 19 heavy (non-hydrogen) atoms. The molecular formula is C14H20N2O3. The molecule has 0 aromatic heterocycles. The van der Waals surface area contributed by atoms with Gasteiger partial charge in [0.1, 0.15) is 0 Å². The zero-order chi connectivity index (χ0) is 13.7. The molecule has 0 aliphatic heterocycles. The second-order valence-corrected chi connectivity index (χ2v) is 4.91. The lowest BCUT2D eigenvalue weighted by atomic mass is 10.2. The Morgan fingerprint density at radius 3 is 2.84 bits per heavy atom. The Kier molecular flexibility index (Phi) is 4.63. The fraction of sp³-hybridized carbons (Fsp3) is 0.500. The van der Waals surface area contributed by atoms with Gasteiger partial charge < -0.3 is 20.8 Å². The summed E-state index contributed by atoms with van der Waals surface area (Å²) < 4.78 is 0.